The van der Waals surface area contributed by atoms with E-state index in [9.17, 15) is 18.3 Å². The molecule has 0 radical (unpaired) electrons. The first-order valence-electron chi connectivity index (χ1n) is 5.68. The van der Waals surface area contributed by atoms with Crippen LogP contribution in [0.1, 0.15) is 5.56 Å². The van der Waals surface area contributed by atoms with Gasteiger partial charge in [0.2, 0.25) is 0 Å². The van der Waals surface area contributed by atoms with Crippen molar-refractivity contribution in [2.24, 2.45) is 0 Å². The van der Waals surface area contributed by atoms with E-state index in [1.165, 1.54) is 0 Å². The van der Waals surface area contributed by atoms with Crippen LogP contribution in [0.15, 0.2) is 18.3 Å². The molecular weight excluding hydrogens is 247 g/mol. The summed E-state index contributed by atoms with van der Waals surface area (Å²) in [5.74, 6) is 0.276. The monoisotopic (exact) mass is 259 g/mol. The van der Waals surface area contributed by atoms with E-state index >= 15 is 0 Å². The first kappa shape index (κ1) is 11.7. The Kier molecular flexibility index (Phi) is 2.49. The minimum absolute atomic E-state index is 0.0775. The molecule has 2 fully saturated rings. The zero-order valence-corrected chi connectivity index (χ0v) is 9.35. The highest BCUT2D eigenvalue weighted by Gasteiger charge is 2.46. The summed E-state index contributed by atoms with van der Waals surface area (Å²) in [6.45, 7) is 1.06. The summed E-state index contributed by atoms with van der Waals surface area (Å²) in [6.07, 6.45) is -3.75. The molecule has 4 nitrogen and oxygen atoms in total. The van der Waals surface area contributed by atoms with Crippen LogP contribution in [0.2, 0.25) is 0 Å². The van der Waals surface area contributed by atoms with Crippen molar-refractivity contribution in [2.75, 3.05) is 18.0 Å². The predicted molar refractivity (Wildman–Crippen MR) is 58.2 cm³/mol. The quantitative estimate of drug-likeness (QED) is 0.776. The van der Waals surface area contributed by atoms with Crippen LogP contribution in [-0.4, -0.2) is 41.4 Å². The maximum Gasteiger partial charge on any atom is 0.416 e. The van der Waals surface area contributed by atoms with Crippen molar-refractivity contribution in [1.29, 1.82) is 0 Å². The lowest BCUT2D eigenvalue weighted by atomic mass is 10.2. The van der Waals surface area contributed by atoms with Crippen LogP contribution < -0.4 is 10.2 Å². The third-order valence-electron chi connectivity index (χ3n) is 3.56. The van der Waals surface area contributed by atoms with Crippen LogP contribution in [-0.2, 0) is 6.18 Å². The molecule has 0 spiro atoms. The number of pyridine rings is 1. The van der Waals surface area contributed by atoms with Gasteiger partial charge in [0.1, 0.15) is 5.82 Å². The summed E-state index contributed by atoms with van der Waals surface area (Å²) in [5.41, 5.74) is -0.710. The number of aliphatic hydroxyl groups excluding tert-OH is 1. The lowest BCUT2D eigenvalue weighted by Gasteiger charge is -2.28. The largest absolute Gasteiger partial charge is 0.416 e. The molecular formula is C11H12F3N3O. The molecule has 0 saturated carbocycles. The molecule has 2 aliphatic heterocycles. The number of hydrogen-bond donors (Lipinski definition) is 2. The van der Waals surface area contributed by atoms with Crippen molar-refractivity contribution in [3.05, 3.63) is 23.9 Å². The van der Waals surface area contributed by atoms with Crippen molar-refractivity contribution < 1.29 is 18.3 Å². The van der Waals surface area contributed by atoms with Gasteiger partial charge in [-0.1, -0.05) is 0 Å². The van der Waals surface area contributed by atoms with Gasteiger partial charge < -0.3 is 15.3 Å². The molecule has 0 aromatic carbocycles. The summed E-state index contributed by atoms with van der Waals surface area (Å²) in [5, 5.41) is 12.9. The molecule has 1 aromatic rings. The Labute approximate surface area is 101 Å². The average molecular weight is 259 g/mol. The summed E-state index contributed by atoms with van der Waals surface area (Å²) in [7, 11) is 0. The molecule has 0 amide bonds. The standard InChI is InChI=1S/C11H12F3N3O/c12-11(13,14)6-1-2-15-9(3-6)17-5-7-10(18)8(17)4-16-7/h1-3,7-8,10,16,18H,4-5H2/t7-,8-,10?/m1/s1. The molecule has 2 saturated heterocycles. The van der Waals surface area contributed by atoms with E-state index in [4.69, 9.17) is 0 Å². The van der Waals surface area contributed by atoms with Crippen LogP contribution in [0, 0.1) is 0 Å². The molecule has 3 heterocycles. The lowest BCUT2D eigenvalue weighted by molar-refractivity contribution is -0.137. The number of alkyl halides is 3. The minimum atomic E-state index is -4.37. The average Bonchev–Trinajstić information content (AvgIpc) is 2.84. The van der Waals surface area contributed by atoms with E-state index in [0.717, 1.165) is 18.3 Å². The number of aromatic nitrogens is 1. The zero-order chi connectivity index (χ0) is 12.9. The first-order valence-corrected chi connectivity index (χ1v) is 5.68. The molecule has 1 aromatic heterocycles. The molecule has 0 aliphatic carbocycles. The van der Waals surface area contributed by atoms with Crippen molar-refractivity contribution in [2.45, 2.75) is 24.4 Å². The van der Waals surface area contributed by atoms with Crippen LogP contribution in [0.3, 0.4) is 0 Å². The van der Waals surface area contributed by atoms with Gasteiger partial charge in [-0.3, -0.25) is 0 Å². The topological polar surface area (TPSA) is 48.4 Å². The van der Waals surface area contributed by atoms with Crippen LogP contribution in [0.5, 0.6) is 0 Å². The highest BCUT2D eigenvalue weighted by Crippen LogP contribution is 2.33. The van der Waals surface area contributed by atoms with Gasteiger partial charge in [0.05, 0.1) is 23.8 Å². The normalized spacial score (nSPS) is 31.1. The lowest BCUT2D eigenvalue weighted by Crippen LogP contribution is -2.44. The Morgan fingerprint density at radius 1 is 1.44 bits per heavy atom. The molecule has 98 valence electrons. The van der Waals surface area contributed by atoms with Gasteiger partial charge in [-0.05, 0) is 12.1 Å². The van der Waals surface area contributed by atoms with E-state index in [2.05, 4.69) is 10.3 Å². The highest BCUT2D eigenvalue weighted by molar-refractivity contribution is 5.47. The number of hydrogen-bond acceptors (Lipinski definition) is 4. The van der Waals surface area contributed by atoms with Gasteiger partial charge in [0, 0.05) is 19.3 Å². The fraction of sp³-hybridized carbons (Fsp3) is 0.545. The fourth-order valence-electron chi connectivity index (χ4n) is 2.61. The summed E-state index contributed by atoms with van der Waals surface area (Å²) in [4.78, 5) is 5.71. The number of aliphatic hydroxyl groups is 1. The third kappa shape index (κ3) is 1.74. The van der Waals surface area contributed by atoms with Gasteiger partial charge in [-0.2, -0.15) is 13.2 Å². The number of rotatable bonds is 1. The summed E-state index contributed by atoms with van der Waals surface area (Å²) < 4.78 is 37.8. The van der Waals surface area contributed by atoms with E-state index in [-0.39, 0.29) is 17.9 Å². The summed E-state index contributed by atoms with van der Waals surface area (Å²) >= 11 is 0. The maximum absolute atomic E-state index is 12.6. The second-order valence-electron chi connectivity index (χ2n) is 4.63. The van der Waals surface area contributed by atoms with E-state index in [1.807, 2.05) is 0 Å². The number of nitrogens with one attached hydrogen (secondary N) is 1. The van der Waals surface area contributed by atoms with Gasteiger partial charge in [0.25, 0.3) is 0 Å². The highest BCUT2D eigenvalue weighted by atomic mass is 19.4. The molecule has 3 rings (SSSR count). The molecule has 2 N–H and O–H groups in total. The van der Waals surface area contributed by atoms with Crippen LogP contribution in [0.25, 0.3) is 0 Å². The fourth-order valence-corrected chi connectivity index (χ4v) is 2.61. The van der Waals surface area contributed by atoms with Gasteiger partial charge in [-0.25, -0.2) is 4.98 Å². The Hall–Kier alpha value is -1.34. The van der Waals surface area contributed by atoms with Crippen LogP contribution >= 0.6 is 0 Å². The Morgan fingerprint density at radius 3 is 2.78 bits per heavy atom. The SMILES string of the molecule is OC1[C@H]2CN[C@@H]1CN2c1cc(C(F)(F)F)ccn1. The van der Waals surface area contributed by atoms with Crippen molar-refractivity contribution in [3.8, 4) is 0 Å². The second kappa shape index (κ2) is 3.83. The molecule has 2 bridgehead atoms. The Bertz CT molecular complexity index is 465. The number of halogens is 3. The Balaban J connectivity index is 1.90. The number of nitrogens with zero attached hydrogens (tertiary/aromatic N) is 2. The van der Waals surface area contributed by atoms with Gasteiger partial charge >= 0.3 is 6.18 Å². The maximum atomic E-state index is 12.6. The molecule has 3 atom stereocenters. The van der Waals surface area contributed by atoms with Crippen molar-refractivity contribution in [1.82, 2.24) is 10.3 Å². The van der Waals surface area contributed by atoms with E-state index in [0.29, 0.717) is 13.1 Å². The predicted octanol–water partition coefficient (Wildman–Crippen LogP) is 0.622. The number of fused-ring (bicyclic) bond motifs is 2. The van der Waals surface area contributed by atoms with E-state index in [1.54, 1.807) is 4.90 Å². The molecule has 2 aliphatic rings. The molecule has 18 heavy (non-hydrogen) atoms. The minimum Gasteiger partial charge on any atom is -0.389 e. The number of piperazine rings is 1. The van der Waals surface area contributed by atoms with Crippen molar-refractivity contribution in [3.63, 3.8) is 0 Å². The molecule has 1 unspecified atom stereocenters. The van der Waals surface area contributed by atoms with Gasteiger partial charge in [0.15, 0.2) is 0 Å². The van der Waals surface area contributed by atoms with Crippen molar-refractivity contribution >= 4 is 5.82 Å². The number of anilines is 1. The smallest absolute Gasteiger partial charge is 0.389 e. The second-order valence-corrected chi connectivity index (χ2v) is 4.63. The zero-order valence-electron chi connectivity index (χ0n) is 9.35. The van der Waals surface area contributed by atoms with E-state index < -0.39 is 17.8 Å². The first-order chi connectivity index (χ1) is 8.47. The third-order valence-corrected chi connectivity index (χ3v) is 3.56. The summed E-state index contributed by atoms with van der Waals surface area (Å²) in [6, 6.07) is 1.72. The van der Waals surface area contributed by atoms with Crippen LogP contribution in [0.4, 0.5) is 19.0 Å². The van der Waals surface area contributed by atoms with Gasteiger partial charge in [-0.15, -0.1) is 0 Å². The molecule has 7 heteroatoms. The Morgan fingerprint density at radius 2 is 2.22 bits per heavy atom.